The van der Waals surface area contributed by atoms with Crippen LogP contribution in [0.4, 0.5) is 0 Å². The highest BCUT2D eigenvalue weighted by atomic mass is 32.2. The highest BCUT2D eigenvalue weighted by Gasteiger charge is 2.42. The summed E-state index contributed by atoms with van der Waals surface area (Å²) in [5.41, 5.74) is 0.831. The van der Waals surface area contributed by atoms with E-state index in [1.807, 2.05) is 0 Å². The van der Waals surface area contributed by atoms with E-state index in [4.69, 9.17) is 0 Å². The first-order chi connectivity index (χ1) is 11.5. The number of thioether (sulfide) groups is 1. The first kappa shape index (κ1) is 17.1. The van der Waals surface area contributed by atoms with Crippen molar-refractivity contribution in [3.8, 4) is 6.07 Å². The van der Waals surface area contributed by atoms with E-state index >= 15 is 0 Å². The third kappa shape index (κ3) is 3.51. The molecule has 4 atom stereocenters. The number of rotatable bonds is 5. The van der Waals surface area contributed by atoms with Crippen LogP contribution >= 0.6 is 11.8 Å². The second kappa shape index (κ2) is 7.02. The summed E-state index contributed by atoms with van der Waals surface area (Å²) in [6.07, 6.45) is 5.23. The summed E-state index contributed by atoms with van der Waals surface area (Å²) in [7, 11) is 0. The molecule has 5 nitrogen and oxygen atoms in total. The van der Waals surface area contributed by atoms with Crippen LogP contribution in [0, 0.1) is 36.0 Å². The Morgan fingerprint density at radius 2 is 2.29 bits per heavy atom. The van der Waals surface area contributed by atoms with E-state index < -0.39 is 0 Å². The Balaban J connectivity index is 1.56. The molecule has 0 unspecified atom stereocenters. The van der Waals surface area contributed by atoms with Crippen LogP contribution in [0.1, 0.15) is 43.7 Å². The number of aromatic amines is 1. The van der Waals surface area contributed by atoms with E-state index in [1.54, 1.807) is 6.92 Å². The number of amides is 1. The first-order valence-corrected chi connectivity index (χ1v) is 9.52. The number of pyridine rings is 1. The lowest BCUT2D eigenvalue weighted by molar-refractivity contribution is -0.119. The number of aromatic nitrogens is 1. The molecule has 6 heteroatoms. The topological polar surface area (TPSA) is 85.8 Å². The van der Waals surface area contributed by atoms with Crippen molar-refractivity contribution in [2.45, 2.75) is 50.6 Å². The predicted octanol–water partition coefficient (Wildman–Crippen LogP) is 2.59. The van der Waals surface area contributed by atoms with Gasteiger partial charge in [-0.3, -0.25) is 9.59 Å². The Labute approximate surface area is 146 Å². The van der Waals surface area contributed by atoms with E-state index in [9.17, 15) is 14.9 Å². The first-order valence-electron chi connectivity index (χ1n) is 8.54. The second-order valence-corrected chi connectivity index (χ2v) is 8.10. The monoisotopic (exact) mass is 345 g/mol. The van der Waals surface area contributed by atoms with Gasteiger partial charge in [0.25, 0.3) is 0 Å². The molecule has 0 radical (unpaired) electrons. The number of nitriles is 1. The molecule has 1 aromatic heterocycles. The van der Waals surface area contributed by atoms with Gasteiger partial charge in [0.05, 0.1) is 16.3 Å². The number of nitrogens with zero attached hydrogens (tertiary/aromatic N) is 1. The van der Waals surface area contributed by atoms with E-state index in [0.717, 1.165) is 11.8 Å². The molecule has 0 aromatic carbocycles. The Kier molecular flexibility index (Phi) is 5.00. The van der Waals surface area contributed by atoms with Crippen LogP contribution < -0.4 is 10.9 Å². The van der Waals surface area contributed by atoms with Crippen molar-refractivity contribution < 1.29 is 4.79 Å². The molecule has 2 fully saturated rings. The fourth-order valence-corrected chi connectivity index (χ4v) is 5.23. The minimum Gasteiger partial charge on any atom is -0.353 e. The molecule has 2 saturated carbocycles. The van der Waals surface area contributed by atoms with Gasteiger partial charge in [-0.05, 0) is 56.4 Å². The van der Waals surface area contributed by atoms with Gasteiger partial charge < -0.3 is 10.3 Å². The van der Waals surface area contributed by atoms with Crippen LogP contribution in [0.2, 0.25) is 0 Å². The molecule has 1 amide bonds. The van der Waals surface area contributed by atoms with Crippen LogP contribution in [-0.4, -0.2) is 22.7 Å². The van der Waals surface area contributed by atoms with Gasteiger partial charge in [0.2, 0.25) is 11.5 Å². The van der Waals surface area contributed by atoms with Crippen LogP contribution in [0.5, 0.6) is 0 Å². The number of hydrogen-bond acceptors (Lipinski definition) is 4. The summed E-state index contributed by atoms with van der Waals surface area (Å²) in [5, 5.41) is 12.8. The normalized spacial score (nSPS) is 26.1. The van der Waals surface area contributed by atoms with Crippen molar-refractivity contribution >= 4 is 17.7 Å². The smallest absolute Gasteiger partial charge is 0.249 e. The molecule has 2 bridgehead atoms. The number of carbonyl (C=O) groups excluding carboxylic acids is 1. The summed E-state index contributed by atoms with van der Waals surface area (Å²) in [5.74, 6) is 2.41. The summed E-state index contributed by atoms with van der Waals surface area (Å²) in [4.78, 5) is 26.5. The zero-order chi connectivity index (χ0) is 17.3. The van der Waals surface area contributed by atoms with Crippen LogP contribution in [0.15, 0.2) is 15.9 Å². The fourth-order valence-electron chi connectivity index (χ4n) is 4.35. The summed E-state index contributed by atoms with van der Waals surface area (Å²) >= 11 is 1.22. The van der Waals surface area contributed by atoms with E-state index in [2.05, 4.69) is 23.3 Å². The van der Waals surface area contributed by atoms with E-state index in [-0.39, 0.29) is 23.3 Å². The third-order valence-electron chi connectivity index (χ3n) is 5.49. The SMILES string of the molecule is Cc1cc(=O)[nH]c(SCC(=O)N[C@@H](C)[C@@H]2C[C@H]3CC[C@H]2C3)c1C#N. The molecule has 2 aliphatic carbocycles. The molecule has 0 saturated heterocycles. The van der Waals surface area contributed by atoms with Crippen molar-refractivity contribution in [1.82, 2.24) is 10.3 Å². The lowest BCUT2D eigenvalue weighted by atomic mass is 9.84. The van der Waals surface area contributed by atoms with Gasteiger partial charge in [0.15, 0.2) is 0 Å². The molecule has 24 heavy (non-hydrogen) atoms. The number of fused-ring (bicyclic) bond motifs is 2. The molecular weight excluding hydrogens is 322 g/mol. The van der Waals surface area contributed by atoms with E-state index in [0.29, 0.717) is 22.1 Å². The summed E-state index contributed by atoms with van der Waals surface area (Å²) in [6, 6.07) is 3.69. The second-order valence-electron chi connectivity index (χ2n) is 7.12. The lowest BCUT2D eigenvalue weighted by Gasteiger charge is -2.28. The largest absolute Gasteiger partial charge is 0.353 e. The van der Waals surface area contributed by atoms with E-state index in [1.165, 1.54) is 43.5 Å². The van der Waals surface area contributed by atoms with Gasteiger partial charge in [-0.25, -0.2) is 0 Å². The van der Waals surface area contributed by atoms with Gasteiger partial charge in [0, 0.05) is 12.1 Å². The van der Waals surface area contributed by atoms with Crippen molar-refractivity contribution in [3.05, 3.63) is 27.5 Å². The number of H-pyrrole nitrogens is 1. The zero-order valence-electron chi connectivity index (χ0n) is 14.1. The Bertz CT molecular complexity index is 737. The molecule has 3 rings (SSSR count). The Morgan fingerprint density at radius 1 is 1.50 bits per heavy atom. The minimum absolute atomic E-state index is 0.0403. The fraction of sp³-hybridized carbons (Fsp3) is 0.611. The average Bonchev–Trinajstić information content (AvgIpc) is 3.15. The molecule has 0 spiro atoms. The van der Waals surface area contributed by atoms with Crippen LogP contribution in [0.3, 0.4) is 0 Å². The zero-order valence-corrected chi connectivity index (χ0v) is 14.9. The maximum absolute atomic E-state index is 12.3. The third-order valence-corrected chi connectivity index (χ3v) is 6.49. The van der Waals surface area contributed by atoms with Gasteiger partial charge >= 0.3 is 0 Å². The molecule has 1 aromatic rings. The van der Waals surface area contributed by atoms with Gasteiger partial charge in [-0.15, -0.1) is 0 Å². The molecule has 128 valence electrons. The minimum atomic E-state index is -0.246. The summed E-state index contributed by atoms with van der Waals surface area (Å²) < 4.78 is 0. The van der Waals surface area contributed by atoms with Crippen molar-refractivity contribution in [2.75, 3.05) is 5.75 Å². The average molecular weight is 345 g/mol. The van der Waals surface area contributed by atoms with Gasteiger partial charge in [-0.1, -0.05) is 18.2 Å². The van der Waals surface area contributed by atoms with Crippen molar-refractivity contribution in [2.24, 2.45) is 17.8 Å². The maximum Gasteiger partial charge on any atom is 0.249 e. The quantitative estimate of drug-likeness (QED) is 0.803. The standard InChI is InChI=1S/C18H23N3O2S/c1-10-5-16(22)21-18(15(10)8-19)24-9-17(23)20-11(2)14-7-12-3-4-13(14)6-12/h5,11-14H,3-4,6-7,9H2,1-2H3,(H,20,23)(H,21,22)/t11-,12-,13-,14-/m0/s1. The number of carbonyl (C=O) groups is 1. The summed E-state index contributed by atoms with van der Waals surface area (Å²) in [6.45, 7) is 3.83. The van der Waals surface area contributed by atoms with Crippen molar-refractivity contribution in [1.29, 1.82) is 5.26 Å². The van der Waals surface area contributed by atoms with Gasteiger partial charge in [0.1, 0.15) is 6.07 Å². The Morgan fingerprint density at radius 3 is 2.92 bits per heavy atom. The predicted molar refractivity (Wildman–Crippen MR) is 93.8 cm³/mol. The highest BCUT2D eigenvalue weighted by molar-refractivity contribution is 8.00. The molecule has 1 heterocycles. The van der Waals surface area contributed by atoms with Crippen LogP contribution in [-0.2, 0) is 4.79 Å². The molecule has 2 aliphatic rings. The van der Waals surface area contributed by atoms with Gasteiger partial charge in [-0.2, -0.15) is 5.26 Å². The number of nitrogens with one attached hydrogen (secondary N) is 2. The molecular formula is C18H23N3O2S. The molecule has 2 N–H and O–H groups in total. The van der Waals surface area contributed by atoms with Crippen LogP contribution in [0.25, 0.3) is 0 Å². The number of aryl methyl sites for hydroxylation is 1. The van der Waals surface area contributed by atoms with Crippen molar-refractivity contribution in [3.63, 3.8) is 0 Å². The Hall–Kier alpha value is -1.74. The highest BCUT2D eigenvalue weighted by Crippen LogP contribution is 2.49. The number of hydrogen-bond donors (Lipinski definition) is 2. The maximum atomic E-state index is 12.3. The molecule has 0 aliphatic heterocycles. The lowest BCUT2D eigenvalue weighted by Crippen LogP contribution is -2.40.